The van der Waals surface area contributed by atoms with Crippen LogP contribution in [0.5, 0.6) is 0 Å². The van der Waals surface area contributed by atoms with Crippen molar-refractivity contribution in [3.63, 3.8) is 0 Å². The van der Waals surface area contributed by atoms with Crippen molar-refractivity contribution in [3.05, 3.63) is 72.9 Å². The molecule has 1 aromatic rings. The molecule has 1 rings (SSSR count). The lowest BCUT2D eigenvalue weighted by Gasteiger charge is -2.02. The number of amidine groups is 2. The minimum atomic E-state index is 0.125. The monoisotopic (exact) mass is 225 g/mol. The highest BCUT2D eigenvalue weighted by atomic mass is 14.9. The molecule has 0 aliphatic rings. The van der Waals surface area contributed by atoms with E-state index >= 15 is 0 Å². The molecule has 0 aliphatic heterocycles. The molecule has 0 heterocycles. The zero-order valence-corrected chi connectivity index (χ0v) is 9.56. The Bertz CT molecular complexity index is 481. The zero-order valence-electron chi connectivity index (χ0n) is 9.56. The Morgan fingerprint density at radius 3 is 2.41 bits per heavy atom. The van der Waals surface area contributed by atoms with Crippen LogP contribution < -0.4 is 5.73 Å². The summed E-state index contributed by atoms with van der Waals surface area (Å²) in [6, 6.07) is 9.21. The van der Waals surface area contributed by atoms with Crippen molar-refractivity contribution < 1.29 is 0 Å². The first-order valence-corrected chi connectivity index (χ1v) is 5.12. The zero-order chi connectivity index (χ0) is 12.7. The number of aliphatic imine (C=N–C) groups is 1. The van der Waals surface area contributed by atoms with E-state index in [1.54, 1.807) is 18.2 Å². The smallest absolute Gasteiger partial charge is 0.154 e. The molecule has 86 valence electrons. The topological polar surface area (TPSA) is 62.2 Å². The number of hydrogen-bond donors (Lipinski definition) is 2. The van der Waals surface area contributed by atoms with Crippen LogP contribution >= 0.6 is 0 Å². The number of benzene rings is 1. The maximum Gasteiger partial charge on any atom is 0.154 e. The van der Waals surface area contributed by atoms with Crippen molar-refractivity contribution in [2.24, 2.45) is 10.7 Å². The summed E-state index contributed by atoms with van der Waals surface area (Å²) in [4.78, 5) is 4.03. The Kier molecular flexibility index (Phi) is 4.63. The summed E-state index contributed by atoms with van der Waals surface area (Å²) in [6.07, 6.45) is 4.88. The van der Waals surface area contributed by atoms with Gasteiger partial charge in [0.1, 0.15) is 5.84 Å². The number of allylic oxidation sites excluding steroid dienone is 2. The van der Waals surface area contributed by atoms with E-state index in [-0.39, 0.29) is 11.7 Å². The molecule has 0 spiro atoms. The lowest BCUT2D eigenvalue weighted by atomic mass is 10.2. The van der Waals surface area contributed by atoms with Crippen LogP contribution in [0.1, 0.15) is 5.56 Å². The van der Waals surface area contributed by atoms with E-state index < -0.39 is 0 Å². The van der Waals surface area contributed by atoms with Crippen LogP contribution in [0.3, 0.4) is 0 Å². The van der Waals surface area contributed by atoms with E-state index in [1.165, 1.54) is 0 Å². The fraction of sp³-hybridized carbons (Fsp3) is 0. The van der Waals surface area contributed by atoms with Crippen LogP contribution in [0.15, 0.2) is 72.3 Å². The van der Waals surface area contributed by atoms with Gasteiger partial charge in [-0.15, -0.1) is 0 Å². The van der Waals surface area contributed by atoms with E-state index in [2.05, 4.69) is 18.2 Å². The molecule has 0 atom stereocenters. The van der Waals surface area contributed by atoms with E-state index in [0.717, 1.165) is 5.56 Å². The number of rotatable bonds is 4. The van der Waals surface area contributed by atoms with Gasteiger partial charge in [-0.1, -0.05) is 61.7 Å². The van der Waals surface area contributed by atoms with Crippen LogP contribution in [0, 0.1) is 5.41 Å². The van der Waals surface area contributed by atoms with Gasteiger partial charge in [-0.25, -0.2) is 4.99 Å². The van der Waals surface area contributed by atoms with Gasteiger partial charge in [0.25, 0.3) is 0 Å². The predicted molar refractivity (Wildman–Crippen MR) is 73.4 cm³/mol. The van der Waals surface area contributed by atoms with Crippen LogP contribution in [-0.4, -0.2) is 11.7 Å². The highest BCUT2D eigenvalue weighted by Crippen LogP contribution is 2.03. The van der Waals surface area contributed by atoms with Gasteiger partial charge in [0.15, 0.2) is 5.84 Å². The standard InChI is InChI=1S/C14H15N3/c1-3-8-11(4-2)13(15)17-14(16)12-9-6-5-7-10-12/h3-10H,1-2H2,(H3,15,16,17)/b11-8+. The molecule has 1 aromatic carbocycles. The lowest BCUT2D eigenvalue weighted by molar-refractivity contribution is 1.40. The number of nitrogens with zero attached hydrogens (tertiary/aromatic N) is 1. The Hall–Kier alpha value is -2.42. The molecule has 0 saturated heterocycles. The van der Waals surface area contributed by atoms with Crippen molar-refractivity contribution in [1.82, 2.24) is 0 Å². The molecule has 3 N–H and O–H groups in total. The first-order valence-electron chi connectivity index (χ1n) is 5.12. The van der Waals surface area contributed by atoms with Crippen LogP contribution in [0.25, 0.3) is 0 Å². The largest absolute Gasteiger partial charge is 0.383 e. The third-order valence-electron chi connectivity index (χ3n) is 2.09. The molecule has 0 aromatic heterocycles. The number of nitrogens with one attached hydrogen (secondary N) is 1. The second-order valence-corrected chi connectivity index (χ2v) is 3.27. The van der Waals surface area contributed by atoms with Crippen molar-refractivity contribution in [2.75, 3.05) is 0 Å². The number of hydrogen-bond acceptors (Lipinski definition) is 1. The minimum absolute atomic E-state index is 0.125. The fourth-order valence-corrected chi connectivity index (χ4v) is 1.23. The van der Waals surface area contributed by atoms with Gasteiger partial charge < -0.3 is 5.73 Å². The van der Waals surface area contributed by atoms with E-state index in [1.807, 2.05) is 30.3 Å². The first-order chi connectivity index (χ1) is 8.19. The molecule has 0 saturated carbocycles. The van der Waals surface area contributed by atoms with Gasteiger partial charge >= 0.3 is 0 Å². The van der Waals surface area contributed by atoms with Crippen molar-refractivity contribution in [1.29, 1.82) is 5.41 Å². The Labute approximate surface area is 101 Å². The second kappa shape index (κ2) is 6.23. The van der Waals surface area contributed by atoms with Gasteiger partial charge in [0.05, 0.1) is 0 Å². The Morgan fingerprint density at radius 2 is 1.88 bits per heavy atom. The highest BCUT2D eigenvalue weighted by molar-refractivity contribution is 6.10. The molecule has 0 aliphatic carbocycles. The molecule has 0 bridgehead atoms. The van der Waals surface area contributed by atoms with Gasteiger partial charge in [0.2, 0.25) is 0 Å². The van der Waals surface area contributed by atoms with Gasteiger partial charge in [-0.05, 0) is 0 Å². The molecule has 3 nitrogen and oxygen atoms in total. The van der Waals surface area contributed by atoms with Crippen LogP contribution in [-0.2, 0) is 0 Å². The summed E-state index contributed by atoms with van der Waals surface area (Å²) >= 11 is 0. The van der Waals surface area contributed by atoms with E-state index in [4.69, 9.17) is 11.1 Å². The van der Waals surface area contributed by atoms with Crippen molar-refractivity contribution >= 4 is 11.7 Å². The molecule has 17 heavy (non-hydrogen) atoms. The molecule has 0 fully saturated rings. The predicted octanol–water partition coefficient (Wildman–Crippen LogP) is 2.67. The maximum absolute atomic E-state index is 7.81. The maximum atomic E-state index is 7.81. The van der Waals surface area contributed by atoms with Crippen molar-refractivity contribution in [3.8, 4) is 0 Å². The second-order valence-electron chi connectivity index (χ2n) is 3.27. The third kappa shape index (κ3) is 3.57. The lowest BCUT2D eigenvalue weighted by Crippen LogP contribution is -2.16. The summed E-state index contributed by atoms with van der Waals surface area (Å²) in [7, 11) is 0. The fourth-order valence-electron chi connectivity index (χ4n) is 1.23. The van der Waals surface area contributed by atoms with Crippen LogP contribution in [0.4, 0.5) is 0 Å². The molecule has 0 amide bonds. The van der Waals surface area contributed by atoms with Gasteiger partial charge in [-0.2, -0.15) is 0 Å². The summed E-state index contributed by atoms with van der Waals surface area (Å²) in [5.74, 6) is 0.383. The summed E-state index contributed by atoms with van der Waals surface area (Å²) < 4.78 is 0. The molecular weight excluding hydrogens is 210 g/mol. The Morgan fingerprint density at radius 1 is 1.24 bits per heavy atom. The van der Waals surface area contributed by atoms with Gasteiger partial charge in [-0.3, -0.25) is 5.41 Å². The summed E-state index contributed by atoms with van der Waals surface area (Å²) in [5.41, 5.74) is 7.15. The van der Waals surface area contributed by atoms with Gasteiger partial charge in [0, 0.05) is 11.1 Å². The quantitative estimate of drug-likeness (QED) is 0.462. The third-order valence-corrected chi connectivity index (χ3v) is 2.09. The normalized spacial score (nSPS) is 12.0. The van der Waals surface area contributed by atoms with E-state index in [0.29, 0.717) is 5.57 Å². The number of nitrogens with two attached hydrogens (primary N) is 1. The first kappa shape index (κ1) is 12.6. The molecule has 0 radical (unpaired) electrons. The molecule has 3 heteroatoms. The molecular formula is C14H15N3. The summed E-state index contributed by atoms with van der Waals surface area (Å²) in [5, 5.41) is 7.81. The molecule has 0 unspecified atom stereocenters. The average Bonchev–Trinajstić information content (AvgIpc) is 2.36. The minimum Gasteiger partial charge on any atom is -0.383 e. The van der Waals surface area contributed by atoms with Crippen molar-refractivity contribution in [2.45, 2.75) is 0 Å². The average molecular weight is 225 g/mol. The summed E-state index contributed by atoms with van der Waals surface area (Å²) in [6.45, 7) is 7.21. The van der Waals surface area contributed by atoms with E-state index in [9.17, 15) is 0 Å². The highest BCUT2D eigenvalue weighted by Gasteiger charge is 2.01. The SMILES string of the molecule is C=C/C=C(\C=C)C(N)=NC(=N)c1ccccc1. The van der Waals surface area contributed by atoms with Crippen LogP contribution in [0.2, 0.25) is 0 Å². The Balaban J connectivity index is 2.96.